The number of carbonyl (C=O) groups excluding carboxylic acids is 1. The summed E-state index contributed by atoms with van der Waals surface area (Å²) in [6.07, 6.45) is -1.88. The van der Waals surface area contributed by atoms with E-state index < -0.39 is 18.0 Å². The molecule has 1 amide bonds. The molecular formula is C22H20F3N5O2. The summed E-state index contributed by atoms with van der Waals surface area (Å²) in [6.45, 7) is 3.18. The van der Waals surface area contributed by atoms with Crippen molar-refractivity contribution in [3.05, 3.63) is 72.6 Å². The van der Waals surface area contributed by atoms with Crippen LogP contribution in [0.25, 0.3) is 0 Å². The fraction of sp³-hybridized carbons (Fsp3) is 0.227. The van der Waals surface area contributed by atoms with Crippen LogP contribution >= 0.6 is 0 Å². The second kappa shape index (κ2) is 9.13. The number of ether oxygens (including phenoxy) is 1. The SMILES string of the molecule is O=C(Nc1cnc(N2CCN(c3ccccc3)CC2)nc1)c1cccc(OC(F)(F)F)c1. The van der Waals surface area contributed by atoms with E-state index in [0.29, 0.717) is 11.6 Å². The number of piperazine rings is 1. The second-order valence-corrected chi connectivity index (χ2v) is 7.11. The normalized spacial score (nSPS) is 14.2. The zero-order valence-electron chi connectivity index (χ0n) is 16.9. The highest BCUT2D eigenvalue weighted by Gasteiger charge is 2.31. The highest BCUT2D eigenvalue weighted by Crippen LogP contribution is 2.24. The van der Waals surface area contributed by atoms with Gasteiger partial charge in [0.15, 0.2) is 0 Å². The maximum Gasteiger partial charge on any atom is 0.573 e. The summed E-state index contributed by atoms with van der Waals surface area (Å²) >= 11 is 0. The van der Waals surface area contributed by atoms with Crippen molar-refractivity contribution in [3.8, 4) is 5.75 Å². The Morgan fingerprint density at radius 3 is 2.22 bits per heavy atom. The Kier molecular flexibility index (Phi) is 6.11. The number of anilines is 3. The third kappa shape index (κ3) is 5.45. The molecule has 2 heterocycles. The first kappa shape index (κ1) is 21.4. The lowest BCUT2D eigenvalue weighted by Crippen LogP contribution is -2.47. The first-order valence-electron chi connectivity index (χ1n) is 9.91. The highest BCUT2D eigenvalue weighted by molar-refractivity contribution is 6.04. The average molecular weight is 443 g/mol. The van der Waals surface area contributed by atoms with E-state index in [4.69, 9.17) is 0 Å². The second-order valence-electron chi connectivity index (χ2n) is 7.11. The standard InChI is InChI=1S/C22H20F3N5O2/c23-22(24,25)32-19-8-4-5-16(13-19)20(31)28-17-14-26-21(27-15-17)30-11-9-29(10-12-30)18-6-2-1-3-7-18/h1-8,13-15H,9-12H2,(H,28,31). The number of aromatic nitrogens is 2. The smallest absolute Gasteiger partial charge is 0.406 e. The van der Waals surface area contributed by atoms with E-state index >= 15 is 0 Å². The molecule has 0 saturated carbocycles. The number of halogens is 3. The molecule has 7 nitrogen and oxygen atoms in total. The van der Waals surface area contributed by atoms with Gasteiger partial charge in [-0.1, -0.05) is 24.3 Å². The van der Waals surface area contributed by atoms with E-state index in [1.807, 2.05) is 18.2 Å². The van der Waals surface area contributed by atoms with Crippen molar-refractivity contribution < 1.29 is 22.7 Å². The minimum Gasteiger partial charge on any atom is -0.406 e. The molecule has 32 heavy (non-hydrogen) atoms. The number of nitrogens with zero attached hydrogens (tertiary/aromatic N) is 4. The van der Waals surface area contributed by atoms with Crippen LogP contribution in [0.4, 0.5) is 30.5 Å². The lowest BCUT2D eigenvalue weighted by atomic mass is 10.2. The zero-order chi connectivity index (χ0) is 22.6. The molecule has 0 bridgehead atoms. The molecule has 1 aromatic heterocycles. The van der Waals surface area contributed by atoms with E-state index in [1.165, 1.54) is 30.2 Å². The largest absolute Gasteiger partial charge is 0.573 e. The van der Waals surface area contributed by atoms with Gasteiger partial charge in [0, 0.05) is 37.4 Å². The Morgan fingerprint density at radius 2 is 1.56 bits per heavy atom. The van der Waals surface area contributed by atoms with Gasteiger partial charge in [-0.2, -0.15) is 0 Å². The molecule has 1 fully saturated rings. The Bertz CT molecular complexity index is 1050. The predicted octanol–water partition coefficient (Wildman–Crippen LogP) is 3.95. The molecule has 1 saturated heterocycles. The molecule has 166 valence electrons. The maximum absolute atomic E-state index is 12.4. The molecule has 3 aromatic rings. The summed E-state index contributed by atoms with van der Waals surface area (Å²) in [5, 5.41) is 2.58. The fourth-order valence-corrected chi connectivity index (χ4v) is 3.39. The topological polar surface area (TPSA) is 70.6 Å². The van der Waals surface area contributed by atoms with Crippen molar-refractivity contribution in [1.82, 2.24) is 9.97 Å². The molecule has 1 aliphatic rings. The van der Waals surface area contributed by atoms with E-state index in [9.17, 15) is 18.0 Å². The van der Waals surface area contributed by atoms with Gasteiger partial charge in [-0.25, -0.2) is 9.97 Å². The van der Waals surface area contributed by atoms with Crippen molar-refractivity contribution in [2.75, 3.05) is 41.3 Å². The van der Waals surface area contributed by atoms with Crippen LogP contribution in [0.2, 0.25) is 0 Å². The number of nitrogens with one attached hydrogen (secondary N) is 1. The zero-order valence-corrected chi connectivity index (χ0v) is 16.9. The molecule has 1 aliphatic heterocycles. The van der Waals surface area contributed by atoms with Gasteiger partial charge in [0.05, 0.1) is 18.1 Å². The number of carbonyl (C=O) groups is 1. The van der Waals surface area contributed by atoms with Gasteiger partial charge in [-0.3, -0.25) is 4.79 Å². The van der Waals surface area contributed by atoms with Crippen LogP contribution in [0, 0.1) is 0 Å². The molecule has 0 spiro atoms. The van der Waals surface area contributed by atoms with E-state index in [2.05, 4.69) is 42.0 Å². The third-order valence-electron chi connectivity index (χ3n) is 4.91. The van der Waals surface area contributed by atoms with Crippen molar-refractivity contribution in [3.63, 3.8) is 0 Å². The molecule has 2 aromatic carbocycles. The Morgan fingerprint density at radius 1 is 0.906 bits per heavy atom. The summed E-state index contributed by atoms with van der Waals surface area (Å²) in [5.41, 5.74) is 1.53. The molecule has 0 atom stereocenters. The number of para-hydroxylation sites is 1. The first-order chi connectivity index (χ1) is 15.4. The van der Waals surface area contributed by atoms with Crippen LogP contribution in [0.15, 0.2) is 67.0 Å². The minimum absolute atomic E-state index is 0.0212. The van der Waals surface area contributed by atoms with Gasteiger partial charge < -0.3 is 19.9 Å². The Labute approximate surface area is 182 Å². The van der Waals surface area contributed by atoms with Crippen LogP contribution in [0.1, 0.15) is 10.4 Å². The van der Waals surface area contributed by atoms with Crippen molar-refractivity contribution >= 4 is 23.2 Å². The summed E-state index contributed by atoms with van der Waals surface area (Å²) in [4.78, 5) is 25.4. The van der Waals surface area contributed by atoms with Gasteiger partial charge in [-0.05, 0) is 30.3 Å². The summed E-state index contributed by atoms with van der Waals surface area (Å²) < 4.78 is 41.0. The monoisotopic (exact) mass is 443 g/mol. The van der Waals surface area contributed by atoms with Crippen LogP contribution in [-0.4, -0.2) is 48.4 Å². The highest BCUT2D eigenvalue weighted by atomic mass is 19.4. The summed E-state index contributed by atoms with van der Waals surface area (Å²) in [5.74, 6) is -0.506. The third-order valence-corrected chi connectivity index (χ3v) is 4.91. The summed E-state index contributed by atoms with van der Waals surface area (Å²) in [6, 6.07) is 15.0. The van der Waals surface area contributed by atoms with Gasteiger partial charge in [0.1, 0.15) is 5.75 Å². The molecule has 1 N–H and O–H groups in total. The number of amides is 1. The lowest BCUT2D eigenvalue weighted by Gasteiger charge is -2.36. The minimum atomic E-state index is -4.83. The van der Waals surface area contributed by atoms with Crippen molar-refractivity contribution in [1.29, 1.82) is 0 Å². The van der Waals surface area contributed by atoms with Gasteiger partial charge in [0.2, 0.25) is 5.95 Å². The molecular weight excluding hydrogens is 423 g/mol. The van der Waals surface area contributed by atoms with Crippen molar-refractivity contribution in [2.45, 2.75) is 6.36 Å². The number of hydrogen-bond donors (Lipinski definition) is 1. The molecule has 4 rings (SSSR count). The van der Waals surface area contributed by atoms with E-state index in [-0.39, 0.29) is 5.56 Å². The molecule has 0 unspecified atom stereocenters. The number of rotatable bonds is 5. The van der Waals surface area contributed by atoms with E-state index in [1.54, 1.807) is 0 Å². The van der Waals surface area contributed by atoms with Crippen LogP contribution in [0.5, 0.6) is 5.75 Å². The van der Waals surface area contributed by atoms with Crippen LogP contribution < -0.4 is 19.9 Å². The number of alkyl halides is 3. The number of benzene rings is 2. The molecule has 10 heteroatoms. The number of hydrogen-bond acceptors (Lipinski definition) is 6. The quantitative estimate of drug-likeness (QED) is 0.644. The molecule has 0 aliphatic carbocycles. The van der Waals surface area contributed by atoms with E-state index in [0.717, 1.165) is 38.3 Å². The Balaban J connectivity index is 1.34. The average Bonchev–Trinajstić information content (AvgIpc) is 2.79. The maximum atomic E-state index is 12.4. The lowest BCUT2D eigenvalue weighted by molar-refractivity contribution is -0.274. The first-order valence-corrected chi connectivity index (χ1v) is 9.91. The van der Waals surface area contributed by atoms with Gasteiger partial charge >= 0.3 is 6.36 Å². The molecule has 0 radical (unpaired) electrons. The van der Waals surface area contributed by atoms with Crippen molar-refractivity contribution in [2.24, 2.45) is 0 Å². The van der Waals surface area contributed by atoms with Gasteiger partial charge in [0.25, 0.3) is 5.91 Å². The van der Waals surface area contributed by atoms with Crippen LogP contribution in [-0.2, 0) is 0 Å². The van der Waals surface area contributed by atoms with Crippen LogP contribution in [0.3, 0.4) is 0 Å². The Hall–Kier alpha value is -3.82. The summed E-state index contributed by atoms with van der Waals surface area (Å²) in [7, 11) is 0. The predicted molar refractivity (Wildman–Crippen MR) is 114 cm³/mol. The fourth-order valence-electron chi connectivity index (χ4n) is 3.39. The van der Waals surface area contributed by atoms with Gasteiger partial charge in [-0.15, -0.1) is 13.2 Å².